The fourth-order valence-corrected chi connectivity index (χ4v) is 3.35. The van der Waals surface area contributed by atoms with Crippen molar-refractivity contribution >= 4 is 43.5 Å². The Morgan fingerprint density at radius 1 is 1.53 bits per heavy atom. The molecule has 0 spiro atoms. The van der Waals surface area contributed by atoms with Gasteiger partial charge in [0.25, 0.3) is 10.0 Å². The fraction of sp³-hybridized carbons (Fsp3) is 0.222. The summed E-state index contributed by atoms with van der Waals surface area (Å²) in [5.74, 6) is -0.762. The van der Waals surface area contributed by atoms with E-state index in [2.05, 4.69) is 20.8 Å². The van der Waals surface area contributed by atoms with E-state index < -0.39 is 22.5 Å². The van der Waals surface area contributed by atoms with E-state index in [0.717, 1.165) is 0 Å². The number of halogens is 2. The van der Waals surface area contributed by atoms with Crippen LogP contribution in [0.25, 0.3) is 0 Å². The summed E-state index contributed by atoms with van der Waals surface area (Å²) in [5, 5.41) is 0.183. The number of nitrogens with one attached hydrogen (secondary N) is 1. The van der Waals surface area contributed by atoms with E-state index >= 15 is 0 Å². The van der Waals surface area contributed by atoms with Crippen LogP contribution in [0.1, 0.15) is 0 Å². The largest absolute Gasteiger partial charge is 0.494 e. The average Bonchev–Trinajstić information content (AvgIpc) is 2.27. The molecule has 0 bridgehead atoms. The standard InChI is InChI=1S/C9H10BrClN2O5S/c1-17-9-6(10)2-5(11)3-7(9)19(15,16)13-18-4-8(12)14/h2-3,13H,4H2,1H3,(H2,12,14). The minimum atomic E-state index is -4.06. The molecule has 0 aromatic heterocycles. The summed E-state index contributed by atoms with van der Waals surface area (Å²) >= 11 is 8.90. The molecule has 1 aromatic rings. The first-order valence-electron chi connectivity index (χ1n) is 4.73. The van der Waals surface area contributed by atoms with Crippen LogP contribution in [0.4, 0.5) is 0 Å². The number of methoxy groups -OCH3 is 1. The molecule has 7 nitrogen and oxygen atoms in total. The zero-order valence-electron chi connectivity index (χ0n) is 9.64. The van der Waals surface area contributed by atoms with Gasteiger partial charge in [0.2, 0.25) is 5.91 Å². The van der Waals surface area contributed by atoms with E-state index in [-0.39, 0.29) is 15.7 Å². The fourth-order valence-electron chi connectivity index (χ4n) is 1.16. The third kappa shape index (κ3) is 4.32. The van der Waals surface area contributed by atoms with Crippen LogP contribution >= 0.6 is 27.5 Å². The lowest BCUT2D eigenvalue weighted by Gasteiger charge is -2.12. The summed E-state index contributed by atoms with van der Waals surface area (Å²) in [6.07, 6.45) is 0. The Morgan fingerprint density at radius 2 is 2.16 bits per heavy atom. The molecule has 0 unspecified atom stereocenters. The van der Waals surface area contributed by atoms with Crippen molar-refractivity contribution in [2.45, 2.75) is 4.90 Å². The van der Waals surface area contributed by atoms with Crippen molar-refractivity contribution in [3.8, 4) is 5.75 Å². The molecule has 1 rings (SSSR count). The predicted octanol–water partition coefficient (Wildman–Crippen LogP) is 0.806. The Labute approximate surface area is 123 Å². The lowest BCUT2D eigenvalue weighted by Crippen LogP contribution is -2.29. The van der Waals surface area contributed by atoms with E-state index in [1.807, 2.05) is 0 Å². The summed E-state index contributed by atoms with van der Waals surface area (Å²) in [7, 11) is -2.76. The predicted molar refractivity (Wildman–Crippen MR) is 71.2 cm³/mol. The van der Waals surface area contributed by atoms with Crippen molar-refractivity contribution in [2.24, 2.45) is 5.73 Å². The van der Waals surface area contributed by atoms with E-state index in [1.54, 1.807) is 4.89 Å². The molecule has 0 fully saturated rings. The average molecular weight is 374 g/mol. The molecule has 0 saturated carbocycles. The van der Waals surface area contributed by atoms with Crippen LogP contribution in [-0.2, 0) is 19.7 Å². The number of rotatable bonds is 6. The molecule has 1 aromatic carbocycles. The highest BCUT2D eigenvalue weighted by Gasteiger charge is 2.23. The number of hydrogen-bond donors (Lipinski definition) is 2. The maximum absolute atomic E-state index is 12.0. The molecule has 19 heavy (non-hydrogen) atoms. The first kappa shape index (κ1) is 16.2. The van der Waals surface area contributed by atoms with Crippen LogP contribution in [0, 0.1) is 0 Å². The Morgan fingerprint density at radius 3 is 2.68 bits per heavy atom. The molecule has 10 heteroatoms. The second kappa shape index (κ2) is 6.53. The Bertz CT molecular complexity index is 593. The number of carbonyl (C=O) groups excluding carboxylic acids is 1. The van der Waals surface area contributed by atoms with Crippen molar-refractivity contribution in [3.63, 3.8) is 0 Å². The van der Waals surface area contributed by atoms with Crippen LogP contribution < -0.4 is 15.4 Å². The first-order valence-corrected chi connectivity index (χ1v) is 7.38. The van der Waals surface area contributed by atoms with Crippen molar-refractivity contribution in [1.29, 1.82) is 0 Å². The van der Waals surface area contributed by atoms with Crippen LogP contribution in [0.3, 0.4) is 0 Å². The highest BCUT2D eigenvalue weighted by molar-refractivity contribution is 9.10. The van der Waals surface area contributed by atoms with E-state index in [4.69, 9.17) is 22.1 Å². The van der Waals surface area contributed by atoms with Gasteiger partial charge in [0.05, 0.1) is 11.6 Å². The SMILES string of the molecule is COc1c(Br)cc(Cl)cc1S(=O)(=O)NOCC(N)=O. The van der Waals surface area contributed by atoms with Crippen LogP contribution in [0.15, 0.2) is 21.5 Å². The third-order valence-electron chi connectivity index (χ3n) is 1.85. The normalized spacial score (nSPS) is 11.3. The van der Waals surface area contributed by atoms with E-state index in [0.29, 0.717) is 4.47 Å². The van der Waals surface area contributed by atoms with Crippen LogP contribution in [0.5, 0.6) is 5.75 Å². The monoisotopic (exact) mass is 372 g/mol. The van der Waals surface area contributed by atoms with Gasteiger partial charge in [-0.1, -0.05) is 16.5 Å². The van der Waals surface area contributed by atoms with Gasteiger partial charge in [0.1, 0.15) is 11.5 Å². The molecule has 0 heterocycles. The van der Waals surface area contributed by atoms with Gasteiger partial charge >= 0.3 is 0 Å². The van der Waals surface area contributed by atoms with Crippen LogP contribution in [-0.4, -0.2) is 28.0 Å². The van der Waals surface area contributed by atoms with Crippen LogP contribution in [0.2, 0.25) is 5.02 Å². The lowest BCUT2D eigenvalue weighted by atomic mass is 10.3. The molecule has 0 atom stereocenters. The van der Waals surface area contributed by atoms with Gasteiger partial charge in [-0.05, 0) is 28.1 Å². The van der Waals surface area contributed by atoms with Crippen molar-refractivity contribution in [1.82, 2.24) is 4.89 Å². The zero-order valence-corrected chi connectivity index (χ0v) is 12.8. The quantitative estimate of drug-likeness (QED) is 0.717. The molecule has 3 N–H and O–H groups in total. The smallest absolute Gasteiger partial charge is 0.266 e. The van der Waals surface area contributed by atoms with Gasteiger partial charge in [0, 0.05) is 5.02 Å². The molecule has 0 aliphatic rings. The Hall–Kier alpha value is -0.870. The van der Waals surface area contributed by atoms with Crippen molar-refractivity contribution in [2.75, 3.05) is 13.7 Å². The maximum atomic E-state index is 12.0. The number of primary amides is 1. The number of carbonyl (C=O) groups is 1. The minimum absolute atomic E-state index is 0.0552. The highest BCUT2D eigenvalue weighted by atomic mass is 79.9. The first-order chi connectivity index (χ1) is 8.77. The van der Waals surface area contributed by atoms with Crippen molar-refractivity contribution < 1.29 is 22.8 Å². The number of benzene rings is 1. The summed E-state index contributed by atoms with van der Waals surface area (Å²) in [4.78, 5) is 16.4. The Kier molecular flexibility index (Phi) is 5.56. The van der Waals surface area contributed by atoms with Gasteiger partial charge in [-0.3, -0.25) is 9.63 Å². The lowest BCUT2D eigenvalue weighted by molar-refractivity contribution is -0.123. The van der Waals surface area contributed by atoms with Crippen molar-refractivity contribution in [3.05, 3.63) is 21.6 Å². The summed E-state index contributed by atoms with van der Waals surface area (Å²) < 4.78 is 29.2. The van der Waals surface area contributed by atoms with E-state index in [9.17, 15) is 13.2 Å². The van der Waals surface area contributed by atoms with Gasteiger partial charge in [-0.25, -0.2) is 8.42 Å². The molecular weight excluding hydrogens is 364 g/mol. The molecule has 1 amide bonds. The Balaban J connectivity index is 3.10. The summed E-state index contributed by atoms with van der Waals surface area (Å²) in [6, 6.07) is 2.66. The molecule has 106 valence electrons. The number of hydrogen-bond acceptors (Lipinski definition) is 5. The highest BCUT2D eigenvalue weighted by Crippen LogP contribution is 2.35. The van der Waals surface area contributed by atoms with E-state index in [1.165, 1.54) is 19.2 Å². The molecule has 0 aliphatic carbocycles. The second-order valence-electron chi connectivity index (χ2n) is 3.26. The van der Waals surface area contributed by atoms with Gasteiger partial charge < -0.3 is 10.5 Å². The third-order valence-corrected chi connectivity index (χ3v) is 3.88. The second-order valence-corrected chi connectivity index (χ2v) is 6.16. The number of ether oxygens (including phenoxy) is 1. The van der Waals surface area contributed by atoms with Gasteiger partial charge in [0.15, 0.2) is 5.75 Å². The topological polar surface area (TPSA) is 108 Å². The summed E-state index contributed by atoms with van der Waals surface area (Å²) in [6.45, 7) is -0.594. The molecule has 0 radical (unpaired) electrons. The summed E-state index contributed by atoms with van der Waals surface area (Å²) in [5.41, 5.74) is 4.81. The maximum Gasteiger partial charge on any atom is 0.266 e. The molecule has 0 aliphatic heterocycles. The zero-order chi connectivity index (χ0) is 14.6. The molecule has 0 saturated heterocycles. The minimum Gasteiger partial charge on any atom is -0.494 e. The van der Waals surface area contributed by atoms with Gasteiger partial charge in [-0.15, -0.1) is 0 Å². The number of amides is 1. The number of nitrogens with two attached hydrogens (primary N) is 1. The molecular formula is C9H10BrClN2O5S. The number of sulfonamides is 1. The van der Waals surface area contributed by atoms with Gasteiger partial charge in [-0.2, -0.15) is 0 Å².